The summed E-state index contributed by atoms with van der Waals surface area (Å²) in [5.41, 5.74) is 4.95. The highest BCUT2D eigenvalue weighted by atomic mass is 16.6. The molecule has 6 heteroatoms. The Morgan fingerprint density at radius 2 is 1.85 bits per heavy atom. The average molecular weight is 449 g/mol. The van der Waals surface area contributed by atoms with Crippen molar-refractivity contribution in [1.82, 2.24) is 4.90 Å². The van der Waals surface area contributed by atoms with Crippen molar-refractivity contribution in [1.29, 1.82) is 0 Å². The molecule has 3 aromatic rings. The van der Waals surface area contributed by atoms with Gasteiger partial charge in [-0.05, 0) is 79.7 Å². The Labute approximate surface area is 195 Å². The molecule has 6 nitrogen and oxygen atoms in total. The van der Waals surface area contributed by atoms with Crippen LogP contribution in [0.4, 0.5) is 5.69 Å². The van der Waals surface area contributed by atoms with Gasteiger partial charge in [-0.3, -0.25) is 10.1 Å². The summed E-state index contributed by atoms with van der Waals surface area (Å²) in [7, 11) is 0. The maximum atomic E-state index is 11.4. The van der Waals surface area contributed by atoms with Crippen molar-refractivity contribution in [3.05, 3.63) is 87.4 Å². The second-order valence-corrected chi connectivity index (χ2v) is 8.96. The molecular formula is C27H32N2O4. The maximum absolute atomic E-state index is 11.4. The first-order chi connectivity index (χ1) is 16.0. The lowest BCUT2D eigenvalue weighted by molar-refractivity contribution is -0.385. The number of hydrogen-bond acceptors (Lipinski definition) is 5. The number of ether oxygens (including phenoxy) is 1. The lowest BCUT2D eigenvalue weighted by atomic mass is 9.92. The lowest BCUT2D eigenvalue weighted by Gasteiger charge is -2.17. The van der Waals surface area contributed by atoms with Crippen LogP contribution in [-0.4, -0.2) is 36.1 Å². The zero-order valence-corrected chi connectivity index (χ0v) is 19.5. The third-order valence-corrected chi connectivity index (χ3v) is 6.51. The second kappa shape index (κ2) is 10.8. The topological polar surface area (TPSA) is 68.8 Å². The van der Waals surface area contributed by atoms with Gasteiger partial charge in [0.15, 0.2) is 0 Å². The van der Waals surface area contributed by atoms with Gasteiger partial charge in [0.05, 0.1) is 24.4 Å². The highest BCUT2D eigenvalue weighted by molar-refractivity contribution is 5.68. The molecule has 0 bridgehead atoms. The first kappa shape index (κ1) is 23.2. The Morgan fingerprint density at radius 3 is 2.58 bits per heavy atom. The maximum Gasteiger partial charge on any atom is 0.272 e. The zero-order valence-electron chi connectivity index (χ0n) is 19.5. The average Bonchev–Trinajstić information content (AvgIpc) is 3.52. The Morgan fingerprint density at radius 1 is 1.09 bits per heavy atom. The monoisotopic (exact) mass is 448 g/mol. The van der Waals surface area contributed by atoms with E-state index in [9.17, 15) is 10.1 Å². The van der Waals surface area contributed by atoms with Crippen LogP contribution in [-0.2, 0) is 17.8 Å². The Hall–Kier alpha value is -2.96. The van der Waals surface area contributed by atoms with Crippen LogP contribution in [0.1, 0.15) is 48.1 Å². The number of likely N-dealkylation sites (tertiary alicyclic amines) is 1. The fourth-order valence-corrected chi connectivity index (χ4v) is 4.51. The number of furan rings is 1. The minimum absolute atomic E-state index is 0.145. The van der Waals surface area contributed by atoms with E-state index in [4.69, 9.17) is 9.15 Å². The van der Waals surface area contributed by atoms with E-state index >= 15 is 0 Å². The van der Waals surface area contributed by atoms with Crippen molar-refractivity contribution in [2.45, 2.75) is 45.6 Å². The molecule has 4 rings (SSSR count). The molecule has 2 aromatic carbocycles. The molecule has 33 heavy (non-hydrogen) atoms. The molecule has 1 atom stereocenters. The zero-order chi connectivity index (χ0) is 23.2. The van der Waals surface area contributed by atoms with Crippen molar-refractivity contribution in [3.63, 3.8) is 0 Å². The van der Waals surface area contributed by atoms with Gasteiger partial charge in [0.25, 0.3) is 5.69 Å². The molecule has 1 unspecified atom stereocenters. The summed E-state index contributed by atoms with van der Waals surface area (Å²) in [6.07, 6.45) is 5.10. The molecule has 0 radical (unpaired) electrons. The standard InChI is InChI=1S/C27H32N2O4/c1-20-7-8-24(18-26(20)29(30)31)23-10-9-22(16-21(2)27-6-5-14-33-27)25(17-23)19-32-15-13-28-11-3-4-12-28/h5-10,14,17-18,21H,3-4,11-13,15-16,19H2,1-2H3. The van der Waals surface area contributed by atoms with Gasteiger partial charge in [0, 0.05) is 24.1 Å². The number of rotatable bonds is 10. The van der Waals surface area contributed by atoms with Gasteiger partial charge in [0.1, 0.15) is 5.76 Å². The summed E-state index contributed by atoms with van der Waals surface area (Å²) in [6, 6.07) is 15.6. The van der Waals surface area contributed by atoms with Crippen molar-refractivity contribution >= 4 is 5.69 Å². The quantitative estimate of drug-likeness (QED) is 0.212. The molecule has 0 aliphatic carbocycles. The Bertz CT molecular complexity index is 1070. The summed E-state index contributed by atoms with van der Waals surface area (Å²) in [5, 5.41) is 11.4. The van der Waals surface area contributed by atoms with E-state index in [-0.39, 0.29) is 16.5 Å². The molecule has 2 heterocycles. The summed E-state index contributed by atoms with van der Waals surface area (Å²) >= 11 is 0. The van der Waals surface area contributed by atoms with E-state index in [1.807, 2.05) is 30.3 Å². The molecule has 0 amide bonds. The molecule has 1 aromatic heterocycles. The van der Waals surface area contributed by atoms with Crippen LogP contribution >= 0.6 is 0 Å². The van der Waals surface area contributed by atoms with E-state index < -0.39 is 0 Å². The van der Waals surface area contributed by atoms with Crippen LogP contribution in [0.15, 0.2) is 59.2 Å². The van der Waals surface area contributed by atoms with Crippen molar-refractivity contribution in [2.75, 3.05) is 26.2 Å². The fourth-order valence-electron chi connectivity index (χ4n) is 4.51. The van der Waals surface area contributed by atoms with Crippen LogP contribution in [0.25, 0.3) is 11.1 Å². The van der Waals surface area contributed by atoms with Crippen LogP contribution in [0.3, 0.4) is 0 Å². The second-order valence-electron chi connectivity index (χ2n) is 8.96. The number of benzene rings is 2. The van der Waals surface area contributed by atoms with Gasteiger partial charge in [-0.2, -0.15) is 0 Å². The van der Waals surface area contributed by atoms with Gasteiger partial charge in [-0.25, -0.2) is 0 Å². The molecule has 1 saturated heterocycles. The van der Waals surface area contributed by atoms with E-state index in [1.165, 1.54) is 18.4 Å². The van der Waals surface area contributed by atoms with E-state index in [2.05, 4.69) is 24.0 Å². The third-order valence-electron chi connectivity index (χ3n) is 6.51. The number of nitro groups is 1. The number of nitrogens with zero attached hydrogens (tertiary/aromatic N) is 2. The van der Waals surface area contributed by atoms with Crippen LogP contribution < -0.4 is 0 Å². The molecule has 0 spiro atoms. The van der Waals surface area contributed by atoms with E-state index in [1.54, 1.807) is 19.3 Å². The lowest BCUT2D eigenvalue weighted by Crippen LogP contribution is -2.24. The summed E-state index contributed by atoms with van der Waals surface area (Å²) in [4.78, 5) is 13.5. The SMILES string of the molecule is Cc1ccc(-c2ccc(CC(C)c3ccco3)c(COCCN3CCCC3)c2)cc1[N+](=O)[O-]. The minimum Gasteiger partial charge on any atom is -0.469 e. The van der Waals surface area contributed by atoms with Crippen LogP contribution in [0.5, 0.6) is 0 Å². The summed E-state index contributed by atoms with van der Waals surface area (Å²) in [6.45, 7) is 8.44. The molecule has 1 aliphatic heterocycles. The smallest absolute Gasteiger partial charge is 0.272 e. The molecule has 174 valence electrons. The van der Waals surface area contributed by atoms with Gasteiger partial charge in [0.2, 0.25) is 0 Å². The van der Waals surface area contributed by atoms with Crippen LogP contribution in [0, 0.1) is 17.0 Å². The van der Waals surface area contributed by atoms with Gasteiger partial charge in [-0.15, -0.1) is 0 Å². The molecular weight excluding hydrogens is 416 g/mol. The van der Waals surface area contributed by atoms with E-state index in [0.29, 0.717) is 18.8 Å². The van der Waals surface area contributed by atoms with Crippen LogP contribution in [0.2, 0.25) is 0 Å². The van der Waals surface area contributed by atoms with Crippen molar-refractivity contribution < 1.29 is 14.1 Å². The Kier molecular flexibility index (Phi) is 7.57. The van der Waals surface area contributed by atoms with Gasteiger partial charge in [-0.1, -0.05) is 31.2 Å². The number of aryl methyl sites for hydroxylation is 1. The molecule has 0 saturated carbocycles. The molecule has 1 aliphatic rings. The first-order valence-corrected chi connectivity index (χ1v) is 11.7. The first-order valence-electron chi connectivity index (χ1n) is 11.7. The predicted molar refractivity (Wildman–Crippen MR) is 129 cm³/mol. The van der Waals surface area contributed by atoms with Gasteiger partial charge >= 0.3 is 0 Å². The normalized spacial score (nSPS) is 15.1. The highest BCUT2D eigenvalue weighted by Crippen LogP contribution is 2.30. The third kappa shape index (κ3) is 5.89. The van der Waals surface area contributed by atoms with Crippen molar-refractivity contribution in [2.24, 2.45) is 0 Å². The van der Waals surface area contributed by atoms with Crippen molar-refractivity contribution in [3.8, 4) is 11.1 Å². The summed E-state index contributed by atoms with van der Waals surface area (Å²) < 4.78 is 11.7. The summed E-state index contributed by atoms with van der Waals surface area (Å²) in [5.74, 6) is 1.21. The molecule has 0 N–H and O–H groups in total. The van der Waals surface area contributed by atoms with Gasteiger partial charge < -0.3 is 14.1 Å². The highest BCUT2D eigenvalue weighted by Gasteiger charge is 2.16. The van der Waals surface area contributed by atoms with E-state index in [0.717, 1.165) is 48.5 Å². The fraction of sp³-hybridized carbons (Fsp3) is 0.407. The minimum atomic E-state index is -0.319. The predicted octanol–water partition coefficient (Wildman–Crippen LogP) is 6.12. The number of nitro benzene ring substituents is 1. The Balaban J connectivity index is 1.55. The largest absolute Gasteiger partial charge is 0.469 e. The molecule has 1 fully saturated rings. The number of hydrogen-bond donors (Lipinski definition) is 0.